The molecular formula is C15H27IN6O3. The summed E-state index contributed by atoms with van der Waals surface area (Å²) < 4.78 is 9.76. The molecule has 142 valence electrons. The molecule has 1 aliphatic heterocycles. The first kappa shape index (κ1) is 21.6. The van der Waals surface area contributed by atoms with E-state index in [2.05, 4.69) is 30.6 Å². The van der Waals surface area contributed by atoms with Crippen LogP contribution in [0, 0.1) is 0 Å². The van der Waals surface area contributed by atoms with E-state index in [1.165, 1.54) is 0 Å². The van der Waals surface area contributed by atoms with E-state index < -0.39 is 0 Å². The van der Waals surface area contributed by atoms with Crippen molar-refractivity contribution in [3.05, 3.63) is 18.0 Å². The lowest BCUT2D eigenvalue weighted by Gasteiger charge is -2.36. The van der Waals surface area contributed by atoms with Crippen molar-refractivity contribution in [2.45, 2.75) is 6.54 Å². The zero-order valence-electron chi connectivity index (χ0n) is 14.7. The summed E-state index contributed by atoms with van der Waals surface area (Å²) in [4.78, 5) is 20.5. The maximum atomic E-state index is 11.7. The number of amides is 1. The van der Waals surface area contributed by atoms with Gasteiger partial charge in [-0.1, -0.05) is 5.16 Å². The van der Waals surface area contributed by atoms with Crippen molar-refractivity contribution in [1.82, 2.24) is 25.6 Å². The van der Waals surface area contributed by atoms with Gasteiger partial charge in [0.2, 0.25) is 5.91 Å². The van der Waals surface area contributed by atoms with E-state index >= 15 is 0 Å². The molecule has 1 amide bonds. The molecule has 1 fully saturated rings. The summed E-state index contributed by atoms with van der Waals surface area (Å²) in [6.45, 7) is 5.53. The van der Waals surface area contributed by atoms with E-state index in [0.29, 0.717) is 13.2 Å². The van der Waals surface area contributed by atoms with Crippen LogP contribution >= 0.6 is 24.0 Å². The predicted octanol–water partition coefficient (Wildman–Crippen LogP) is -0.252. The number of nitrogens with one attached hydrogen (secondary N) is 2. The van der Waals surface area contributed by atoms with Crippen LogP contribution in [0.3, 0.4) is 0 Å². The number of nitrogens with zero attached hydrogens (tertiary/aromatic N) is 4. The highest BCUT2D eigenvalue weighted by Crippen LogP contribution is 2.07. The number of hydrogen-bond donors (Lipinski definition) is 2. The third kappa shape index (κ3) is 7.57. The first-order valence-electron chi connectivity index (χ1n) is 8.05. The molecule has 0 radical (unpaired) electrons. The number of piperazine rings is 1. The largest absolute Gasteiger partial charge is 0.383 e. The molecule has 0 saturated carbocycles. The third-order valence-electron chi connectivity index (χ3n) is 3.80. The van der Waals surface area contributed by atoms with E-state index in [4.69, 9.17) is 9.26 Å². The first-order valence-corrected chi connectivity index (χ1v) is 8.05. The molecule has 0 aromatic carbocycles. The van der Waals surface area contributed by atoms with Crippen LogP contribution in [-0.4, -0.2) is 86.9 Å². The Bertz CT molecular complexity index is 517. The van der Waals surface area contributed by atoms with Gasteiger partial charge in [0.05, 0.1) is 18.8 Å². The highest BCUT2D eigenvalue weighted by Gasteiger charge is 2.20. The maximum absolute atomic E-state index is 11.7. The van der Waals surface area contributed by atoms with Crippen molar-refractivity contribution in [2.24, 2.45) is 4.99 Å². The van der Waals surface area contributed by atoms with Gasteiger partial charge in [0.25, 0.3) is 0 Å². The fraction of sp³-hybridized carbons (Fsp3) is 0.667. The number of carbonyl (C=O) groups is 1. The molecule has 0 unspecified atom stereocenters. The van der Waals surface area contributed by atoms with Gasteiger partial charge in [0, 0.05) is 59.5 Å². The standard InChI is InChI=1S/C15H26N6O3.HI/c1-16-15(18-11-14(22)17-4-10-23-2)21-7-5-20(6-8-21)12-13-3-9-24-19-13;/h3,9H,4-8,10-12H2,1-2H3,(H,16,18)(H,17,22);1H. The molecule has 0 atom stereocenters. The topological polar surface area (TPSA) is 95.2 Å². The third-order valence-corrected chi connectivity index (χ3v) is 3.80. The summed E-state index contributed by atoms with van der Waals surface area (Å²) in [5.41, 5.74) is 0.943. The molecule has 1 saturated heterocycles. The van der Waals surface area contributed by atoms with Crippen LogP contribution in [0.15, 0.2) is 21.8 Å². The normalized spacial score (nSPS) is 15.6. The molecule has 2 rings (SSSR count). The Morgan fingerprint density at radius 3 is 2.72 bits per heavy atom. The van der Waals surface area contributed by atoms with Gasteiger partial charge in [-0.05, 0) is 0 Å². The Kier molecular flexibility index (Phi) is 10.4. The summed E-state index contributed by atoms with van der Waals surface area (Å²) in [6, 6.07) is 1.88. The van der Waals surface area contributed by atoms with Crippen molar-refractivity contribution in [1.29, 1.82) is 0 Å². The molecule has 2 N–H and O–H groups in total. The molecule has 0 aliphatic carbocycles. The van der Waals surface area contributed by atoms with Gasteiger partial charge in [0.1, 0.15) is 6.26 Å². The van der Waals surface area contributed by atoms with Crippen molar-refractivity contribution < 1.29 is 14.1 Å². The quantitative estimate of drug-likeness (QED) is 0.248. The molecule has 9 nitrogen and oxygen atoms in total. The van der Waals surface area contributed by atoms with Crippen molar-refractivity contribution in [3.8, 4) is 0 Å². The lowest BCUT2D eigenvalue weighted by atomic mass is 10.3. The minimum atomic E-state index is -0.0714. The van der Waals surface area contributed by atoms with Crippen molar-refractivity contribution in [3.63, 3.8) is 0 Å². The number of hydrogen-bond acceptors (Lipinski definition) is 6. The van der Waals surface area contributed by atoms with Gasteiger partial charge < -0.3 is 24.8 Å². The van der Waals surface area contributed by atoms with E-state index in [-0.39, 0.29) is 36.4 Å². The first-order chi connectivity index (χ1) is 11.7. The Morgan fingerprint density at radius 1 is 1.36 bits per heavy atom. The Hall–Kier alpha value is -1.40. The number of guanidine groups is 1. The van der Waals surface area contributed by atoms with Crippen molar-refractivity contribution >= 4 is 35.8 Å². The predicted molar refractivity (Wildman–Crippen MR) is 105 cm³/mol. The van der Waals surface area contributed by atoms with Crippen LogP contribution in [0.2, 0.25) is 0 Å². The lowest BCUT2D eigenvalue weighted by molar-refractivity contribution is -0.120. The molecule has 1 aromatic heterocycles. The molecule has 10 heteroatoms. The lowest BCUT2D eigenvalue weighted by Crippen LogP contribution is -2.53. The Morgan fingerprint density at radius 2 is 2.12 bits per heavy atom. The molecular weight excluding hydrogens is 439 g/mol. The fourth-order valence-corrected chi connectivity index (χ4v) is 2.51. The fourth-order valence-electron chi connectivity index (χ4n) is 2.51. The number of carbonyl (C=O) groups excluding carboxylic acids is 1. The number of methoxy groups -OCH3 is 1. The Labute approximate surface area is 165 Å². The molecule has 0 bridgehead atoms. The van der Waals surface area contributed by atoms with Gasteiger partial charge in [0.15, 0.2) is 5.96 Å². The average molecular weight is 466 g/mol. The molecule has 0 spiro atoms. The second-order valence-corrected chi connectivity index (χ2v) is 5.50. The van der Waals surface area contributed by atoms with Crippen LogP contribution in [0.1, 0.15) is 5.69 Å². The van der Waals surface area contributed by atoms with E-state index in [1.807, 2.05) is 6.07 Å². The number of rotatable bonds is 7. The number of aromatic nitrogens is 1. The SMILES string of the molecule is CN=C(NCC(=O)NCCOC)N1CCN(Cc2ccon2)CC1.I. The van der Waals surface area contributed by atoms with Gasteiger partial charge in [-0.25, -0.2) is 0 Å². The average Bonchev–Trinajstić information content (AvgIpc) is 3.10. The smallest absolute Gasteiger partial charge is 0.239 e. The summed E-state index contributed by atoms with van der Waals surface area (Å²) in [5, 5.41) is 9.82. The monoisotopic (exact) mass is 466 g/mol. The highest BCUT2D eigenvalue weighted by molar-refractivity contribution is 14.0. The van der Waals surface area contributed by atoms with Crippen molar-refractivity contribution in [2.75, 3.05) is 60.0 Å². The maximum Gasteiger partial charge on any atom is 0.239 e. The van der Waals surface area contributed by atoms with Gasteiger partial charge >= 0.3 is 0 Å². The van der Waals surface area contributed by atoms with Crippen LogP contribution in [-0.2, 0) is 16.1 Å². The summed E-state index contributed by atoms with van der Waals surface area (Å²) in [6.07, 6.45) is 1.59. The minimum Gasteiger partial charge on any atom is -0.383 e. The van der Waals surface area contributed by atoms with Crippen LogP contribution < -0.4 is 10.6 Å². The van der Waals surface area contributed by atoms with Crippen LogP contribution in [0.5, 0.6) is 0 Å². The summed E-state index contributed by atoms with van der Waals surface area (Å²) >= 11 is 0. The number of halogens is 1. The summed E-state index contributed by atoms with van der Waals surface area (Å²) in [5.74, 6) is 0.677. The number of ether oxygens (including phenoxy) is 1. The van der Waals surface area contributed by atoms with E-state index in [1.54, 1.807) is 20.4 Å². The van der Waals surface area contributed by atoms with E-state index in [9.17, 15) is 4.79 Å². The molecule has 2 heterocycles. The van der Waals surface area contributed by atoms with Gasteiger partial charge in [-0.3, -0.25) is 14.7 Å². The molecule has 1 aromatic rings. The number of aliphatic imine (C=N–C) groups is 1. The van der Waals surface area contributed by atoms with Crippen LogP contribution in [0.25, 0.3) is 0 Å². The molecule has 25 heavy (non-hydrogen) atoms. The van der Waals surface area contributed by atoms with E-state index in [0.717, 1.165) is 44.4 Å². The summed E-state index contributed by atoms with van der Waals surface area (Å²) in [7, 11) is 3.33. The van der Waals surface area contributed by atoms with Crippen LogP contribution in [0.4, 0.5) is 0 Å². The second kappa shape index (κ2) is 12.0. The minimum absolute atomic E-state index is 0. The van der Waals surface area contributed by atoms with Gasteiger partial charge in [-0.2, -0.15) is 0 Å². The second-order valence-electron chi connectivity index (χ2n) is 5.50. The molecule has 1 aliphatic rings. The zero-order chi connectivity index (χ0) is 17.2. The van der Waals surface area contributed by atoms with Gasteiger partial charge in [-0.15, -0.1) is 24.0 Å². The zero-order valence-corrected chi connectivity index (χ0v) is 17.1. The Balaban J connectivity index is 0.00000312. The highest BCUT2D eigenvalue weighted by atomic mass is 127.